The maximum Gasteiger partial charge on any atom is 0.0612 e. The molecule has 3 atom stereocenters. The minimum Gasteiger partial charge on any atom is -0.378 e. The van der Waals surface area contributed by atoms with Crippen LogP contribution < -0.4 is 0 Å². The van der Waals surface area contributed by atoms with Crippen molar-refractivity contribution in [2.24, 2.45) is 5.92 Å². The lowest BCUT2D eigenvalue weighted by atomic mass is 9.90. The van der Waals surface area contributed by atoms with Crippen molar-refractivity contribution >= 4 is 26.7 Å². The number of hydrogen-bond donors (Lipinski definition) is 0. The third kappa shape index (κ3) is 2.77. The van der Waals surface area contributed by atoms with Crippen LogP contribution >= 0.6 is 15.9 Å². The highest BCUT2D eigenvalue weighted by Gasteiger charge is 2.32. The fourth-order valence-electron chi connectivity index (χ4n) is 3.33. The van der Waals surface area contributed by atoms with Crippen LogP contribution in [0.4, 0.5) is 0 Å². The molecule has 1 nitrogen and oxygen atoms in total. The van der Waals surface area contributed by atoms with Gasteiger partial charge < -0.3 is 4.74 Å². The number of alkyl halides is 1. The Hall–Kier alpha value is -0.860. The van der Waals surface area contributed by atoms with Gasteiger partial charge in [0.1, 0.15) is 0 Å². The topological polar surface area (TPSA) is 9.23 Å². The van der Waals surface area contributed by atoms with Crippen molar-refractivity contribution < 1.29 is 4.74 Å². The molecule has 0 aromatic heterocycles. The fraction of sp³-hybridized carbons (Fsp3) is 0.444. The summed E-state index contributed by atoms with van der Waals surface area (Å²) in [4.78, 5) is 0.501. The molecule has 1 aliphatic heterocycles. The molecule has 2 heteroatoms. The summed E-state index contributed by atoms with van der Waals surface area (Å²) in [5, 5.41) is 2.71. The molecule has 0 radical (unpaired) electrons. The van der Waals surface area contributed by atoms with E-state index in [4.69, 9.17) is 4.74 Å². The Morgan fingerprint density at radius 1 is 1.20 bits per heavy atom. The minimum atomic E-state index is 0.425. The van der Waals surface area contributed by atoms with Gasteiger partial charge in [-0.15, -0.1) is 0 Å². The molecule has 20 heavy (non-hydrogen) atoms. The molecule has 2 aromatic rings. The lowest BCUT2D eigenvalue weighted by Crippen LogP contribution is -2.25. The Morgan fingerprint density at radius 3 is 2.85 bits per heavy atom. The molecule has 106 valence electrons. The molecule has 0 saturated carbocycles. The van der Waals surface area contributed by atoms with Crippen LogP contribution in [0.2, 0.25) is 0 Å². The molecule has 1 aliphatic rings. The lowest BCUT2D eigenvalue weighted by molar-refractivity contribution is 0.0873. The van der Waals surface area contributed by atoms with E-state index in [1.54, 1.807) is 0 Å². The monoisotopic (exact) mass is 332 g/mol. The van der Waals surface area contributed by atoms with E-state index in [9.17, 15) is 0 Å². The SMILES string of the molecule is CCC1OCCC1C(Br)Cc1cccc2ccccc12. The maximum absolute atomic E-state index is 5.83. The van der Waals surface area contributed by atoms with Gasteiger partial charge in [-0.2, -0.15) is 0 Å². The highest BCUT2D eigenvalue weighted by atomic mass is 79.9. The Balaban J connectivity index is 1.82. The highest BCUT2D eigenvalue weighted by Crippen LogP contribution is 2.33. The van der Waals surface area contributed by atoms with E-state index >= 15 is 0 Å². The van der Waals surface area contributed by atoms with Gasteiger partial charge in [-0.3, -0.25) is 0 Å². The van der Waals surface area contributed by atoms with E-state index in [1.807, 2.05) is 0 Å². The third-order valence-corrected chi connectivity index (χ3v) is 5.43. The van der Waals surface area contributed by atoms with Crippen molar-refractivity contribution in [3.05, 3.63) is 48.0 Å². The maximum atomic E-state index is 5.83. The molecule has 1 heterocycles. The Bertz CT molecular complexity index is 575. The Kier molecular flexibility index (Phi) is 4.42. The highest BCUT2D eigenvalue weighted by molar-refractivity contribution is 9.09. The van der Waals surface area contributed by atoms with Crippen molar-refractivity contribution in [3.63, 3.8) is 0 Å². The second kappa shape index (κ2) is 6.28. The molecule has 1 saturated heterocycles. The number of rotatable bonds is 4. The molecule has 0 aliphatic carbocycles. The number of benzene rings is 2. The van der Waals surface area contributed by atoms with Crippen LogP contribution in [0.15, 0.2) is 42.5 Å². The Labute approximate surface area is 129 Å². The van der Waals surface area contributed by atoms with E-state index in [0.29, 0.717) is 16.8 Å². The van der Waals surface area contributed by atoms with Gasteiger partial charge in [-0.05, 0) is 35.6 Å². The average molecular weight is 333 g/mol. The van der Waals surface area contributed by atoms with Crippen molar-refractivity contribution in [3.8, 4) is 0 Å². The van der Waals surface area contributed by atoms with E-state index in [1.165, 1.54) is 22.8 Å². The molecule has 2 aromatic carbocycles. The van der Waals surface area contributed by atoms with Gasteiger partial charge in [0.25, 0.3) is 0 Å². The average Bonchev–Trinajstić information content (AvgIpc) is 2.96. The number of fused-ring (bicyclic) bond motifs is 1. The van der Waals surface area contributed by atoms with Crippen LogP contribution in [0.25, 0.3) is 10.8 Å². The summed E-state index contributed by atoms with van der Waals surface area (Å²) in [6.07, 6.45) is 3.79. The van der Waals surface area contributed by atoms with E-state index in [0.717, 1.165) is 19.4 Å². The molecule has 3 unspecified atom stereocenters. The molecule has 3 rings (SSSR count). The van der Waals surface area contributed by atoms with Gasteiger partial charge >= 0.3 is 0 Å². The lowest BCUT2D eigenvalue weighted by Gasteiger charge is -2.23. The normalized spacial score (nSPS) is 24.1. The third-order valence-electron chi connectivity index (χ3n) is 4.42. The summed E-state index contributed by atoms with van der Waals surface area (Å²) >= 11 is 3.93. The van der Waals surface area contributed by atoms with Crippen LogP contribution in [-0.4, -0.2) is 17.5 Å². The van der Waals surface area contributed by atoms with Crippen LogP contribution in [0.5, 0.6) is 0 Å². The number of hydrogen-bond acceptors (Lipinski definition) is 1. The summed E-state index contributed by atoms with van der Waals surface area (Å²) in [5.41, 5.74) is 1.44. The number of halogens is 1. The van der Waals surface area contributed by atoms with Gasteiger partial charge in [0, 0.05) is 17.4 Å². The second-order valence-corrected chi connectivity index (χ2v) is 6.80. The first-order valence-corrected chi connectivity index (χ1v) is 8.43. The summed E-state index contributed by atoms with van der Waals surface area (Å²) in [7, 11) is 0. The van der Waals surface area contributed by atoms with Gasteiger partial charge in [-0.25, -0.2) is 0 Å². The van der Waals surface area contributed by atoms with Crippen molar-refractivity contribution in [1.29, 1.82) is 0 Å². The fourth-order valence-corrected chi connectivity index (χ4v) is 4.28. The molecule has 0 N–H and O–H groups in total. The molecule has 0 spiro atoms. The summed E-state index contributed by atoms with van der Waals surface area (Å²) in [6, 6.07) is 15.3. The van der Waals surface area contributed by atoms with Crippen LogP contribution in [0, 0.1) is 5.92 Å². The molecular weight excluding hydrogens is 312 g/mol. The zero-order valence-corrected chi connectivity index (χ0v) is 13.5. The first-order valence-electron chi connectivity index (χ1n) is 7.52. The first kappa shape index (κ1) is 14.1. The van der Waals surface area contributed by atoms with E-state index in [2.05, 4.69) is 65.3 Å². The predicted octanol–water partition coefficient (Wildman–Crippen LogP) is 4.96. The minimum absolute atomic E-state index is 0.425. The summed E-state index contributed by atoms with van der Waals surface area (Å²) in [6.45, 7) is 3.14. The van der Waals surface area contributed by atoms with E-state index < -0.39 is 0 Å². The summed E-state index contributed by atoms with van der Waals surface area (Å²) < 4.78 is 5.83. The van der Waals surface area contributed by atoms with Gasteiger partial charge in [-0.1, -0.05) is 65.3 Å². The molecule has 0 amide bonds. The molecular formula is C18H21BrO. The quantitative estimate of drug-likeness (QED) is 0.719. The van der Waals surface area contributed by atoms with Gasteiger partial charge in [0.15, 0.2) is 0 Å². The second-order valence-electron chi connectivity index (χ2n) is 5.63. The smallest absolute Gasteiger partial charge is 0.0612 e. The van der Waals surface area contributed by atoms with Crippen molar-refractivity contribution in [1.82, 2.24) is 0 Å². The standard InChI is InChI=1S/C18H21BrO/c1-2-18-16(10-11-20-18)17(19)12-14-8-5-7-13-6-3-4-9-15(13)14/h3-9,16-18H,2,10-12H2,1H3. The van der Waals surface area contributed by atoms with Crippen LogP contribution in [0.1, 0.15) is 25.3 Å². The first-order chi connectivity index (χ1) is 9.79. The van der Waals surface area contributed by atoms with E-state index in [-0.39, 0.29) is 0 Å². The zero-order chi connectivity index (χ0) is 13.9. The molecule has 1 fully saturated rings. The van der Waals surface area contributed by atoms with Crippen LogP contribution in [-0.2, 0) is 11.2 Å². The number of ether oxygens (including phenoxy) is 1. The predicted molar refractivity (Wildman–Crippen MR) is 88.5 cm³/mol. The Morgan fingerprint density at radius 2 is 2.00 bits per heavy atom. The van der Waals surface area contributed by atoms with Crippen molar-refractivity contribution in [2.75, 3.05) is 6.61 Å². The van der Waals surface area contributed by atoms with Crippen molar-refractivity contribution in [2.45, 2.75) is 37.1 Å². The molecule has 0 bridgehead atoms. The zero-order valence-electron chi connectivity index (χ0n) is 11.9. The van der Waals surface area contributed by atoms with Gasteiger partial charge in [0.2, 0.25) is 0 Å². The summed E-state index contributed by atoms with van der Waals surface area (Å²) in [5.74, 6) is 0.638. The van der Waals surface area contributed by atoms with Crippen LogP contribution in [0.3, 0.4) is 0 Å². The van der Waals surface area contributed by atoms with Gasteiger partial charge in [0.05, 0.1) is 6.10 Å². The largest absolute Gasteiger partial charge is 0.378 e.